The molecule has 3 rings (SSSR count). The lowest BCUT2D eigenvalue weighted by Gasteiger charge is -2.04. The van der Waals surface area contributed by atoms with Gasteiger partial charge in [0, 0.05) is 31.9 Å². The largest absolute Gasteiger partial charge is 0.490 e. The number of carbonyl (C=O) groups is 1. The lowest BCUT2D eigenvalue weighted by molar-refractivity contribution is -0.192. The Bertz CT molecular complexity index is 891. The number of benzene rings is 1. The van der Waals surface area contributed by atoms with Crippen molar-refractivity contribution in [1.29, 1.82) is 0 Å². The molecule has 0 aliphatic carbocycles. The van der Waals surface area contributed by atoms with Crippen LogP contribution in [0, 0.1) is 0 Å². The second kappa shape index (κ2) is 9.43. The van der Waals surface area contributed by atoms with Crippen molar-refractivity contribution in [3.63, 3.8) is 0 Å². The minimum atomic E-state index is -5.08. The summed E-state index contributed by atoms with van der Waals surface area (Å²) in [5.41, 5.74) is 3.15. The molecule has 0 saturated heterocycles. The lowest BCUT2D eigenvalue weighted by atomic mass is 10.1. The zero-order chi connectivity index (χ0) is 20.7. The van der Waals surface area contributed by atoms with Crippen LogP contribution in [0.15, 0.2) is 53.3 Å². The van der Waals surface area contributed by atoms with Gasteiger partial charge in [0.1, 0.15) is 5.76 Å². The fourth-order valence-corrected chi connectivity index (χ4v) is 2.43. The first-order chi connectivity index (χ1) is 13.2. The Kier molecular flexibility index (Phi) is 7.24. The lowest BCUT2D eigenvalue weighted by Crippen LogP contribution is -2.21. The summed E-state index contributed by atoms with van der Waals surface area (Å²) in [6.45, 7) is 1.42. The highest BCUT2D eigenvalue weighted by Crippen LogP contribution is 2.20. The fraction of sp³-hybridized carbons (Fsp3) is 0.222. The first-order valence-corrected chi connectivity index (χ1v) is 8.36. The van der Waals surface area contributed by atoms with E-state index < -0.39 is 12.1 Å². The first-order valence-electron chi connectivity index (χ1n) is 7.98. The normalized spacial score (nSPS) is 11.0. The molecule has 6 nitrogen and oxygen atoms in total. The summed E-state index contributed by atoms with van der Waals surface area (Å²) in [4.78, 5) is 8.90. The van der Waals surface area contributed by atoms with Gasteiger partial charge in [-0.15, -0.1) is 0 Å². The van der Waals surface area contributed by atoms with Crippen LogP contribution in [0.2, 0.25) is 5.02 Å². The van der Waals surface area contributed by atoms with Gasteiger partial charge in [-0.3, -0.25) is 4.68 Å². The number of hydrogen-bond acceptors (Lipinski definition) is 4. The molecular weight excluding hydrogens is 399 g/mol. The van der Waals surface area contributed by atoms with Crippen LogP contribution < -0.4 is 5.32 Å². The topological polar surface area (TPSA) is 80.3 Å². The van der Waals surface area contributed by atoms with Crippen LogP contribution in [0.3, 0.4) is 0 Å². The Morgan fingerprint density at radius 2 is 1.89 bits per heavy atom. The minimum Gasteiger partial charge on any atom is -0.475 e. The third kappa shape index (κ3) is 6.43. The van der Waals surface area contributed by atoms with E-state index in [1.165, 1.54) is 5.56 Å². The zero-order valence-electron chi connectivity index (χ0n) is 14.7. The Hall–Kier alpha value is -2.78. The van der Waals surface area contributed by atoms with E-state index >= 15 is 0 Å². The van der Waals surface area contributed by atoms with Crippen LogP contribution in [-0.4, -0.2) is 27.0 Å². The molecule has 2 heterocycles. The highest BCUT2D eigenvalue weighted by molar-refractivity contribution is 6.31. The summed E-state index contributed by atoms with van der Waals surface area (Å²) in [6, 6.07) is 12.1. The second-order valence-electron chi connectivity index (χ2n) is 5.68. The van der Waals surface area contributed by atoms with Gasteiger partial charge < -0.3 is 14.8 Å². The van der Waals surface area contributed by atoms with Crippen molar-refractivity contribution < 1.29 is 27.5 Å². The second-order valence-corrected chi connectivity index (χ2v) is 6.09. The molecule has 150 valence electrons. The highest BCUT2D eigenvalue weighted by atomic mass is 35.5. The van der Waals surface area contributed by atoms with Crippen LogP contribution in [0.1, 0.15) is 11.3 Å². The number of aromatic nitrogens is 2. The molecule has 2 aromatic heterocycles. The molecule has 28 heavy (non-hydrogen) atoms. The van der Waals surface area contributed by atoms with Crippen molar-refractivity contribution in [3.05, 3.63) is 65.1 Å². The third-order valence-electron chi connectivity index (χ3n) is 3.48. The van der Waals surface area contributed by atoms with Gasteiger partial charge in [0.2, 0.25) is 0 Å². The molecule has 0 aliphatic heterocycles. The van der Waals surface area contributed by atoms with Crippen molar-refractivity contribution in [3.8, 4) is 11.3 Å². The molecule has 3 aromatic rings. The number of aliphatic carboxylic acids is 1. The van der Waals surface area contributed by atoms with E-state index in [1.807, 2.05) is 19.2 Å². The predicted octanol–water partition coefficient (Wildman–Crippen LogP) is 4.26. The summed E-state index contributed by atoms with van der Waals surface area (Å²) in [7, 11) is 1.86. The van der Waals surface area contributed by atoms with Gasteiger partial charge in [-0.05, 0) is 17.7 Å². The summed E-state index contributed by atoms with van der Waals surface area (Å²) < 4.78 is 38.8. The SMILES string of the molecule is Cn1cc(Cl)c(CNCc2ccc(-c3ccco3)cc2)n1.O=C(O)C(F)(F)F. The monoisotopic (exact) mass is 415 g/mol. The number of hydrogen-bond donors (Lipinski definition) is 2. The summed E-state index contributed by atoms with van der Waals surface area (Å²) in [5.74, 6) is -1.87. The van der Waals surface area contributed by atoms with E-state index in [1.54, 1.807) is 17.1 Å². The van der Waals surface area contributed by atoms with Crippen LogP contribution in [0.25, 0.3) is 11.3 Å². The number of nitrogens with zero attached hydrogens (tertiary/aromatic N) is 2. The Morgan fingerprint density at radius 3 is 2.36 bits per heavy atom. The maximum atomic E-state index is 10.6. The van der Waals surface area contributed by atoms with E-state index in [0.717, 1.165) is 23.6 Å². The van der Waals surface area contributed by atoms with Gasteiger partial charge in [0.15, 0.2) is 0 Å². The summed E-state index contributed by atoms with van der Waals surface area (Å²) in [5, 5.41) is 15.5. The van der Waals surface area contributed by atoms with Crippen molar-refractivity contribution in [2.75, 3.05) is 0 Å². The number of halogens is 4. The molecule has 0 radical (unpaired) electrons. The van der Waals surface area contributed by atoms with Crippen molar-refractivity contribution in [2.45, 2.75) is 19.3 Å². The smallest absolute Gasteiger partial charge is 0.475 e. The predicted molar refractivity (Wildman–Crippen MR) is 96.6 cm³/mol. The third-order valence-corrected chi connectivity index (χ3v) is 3.79. The molecule has 0 unspecified atom stereocenters. The average molecular weight is 416 g/mol. The van der Waals surface area contributed by atoms with Crippen molar-refractivity contribution in [1.82, 2.24) is 15.1 Å². The standard InChI is InChI=1S/C16H16ClN3O.C2HF3O2/c1-20-11-14(17)15(19-20)10-18-9-12-4-6-13(7-5-12)16-3-2-8-21-16;3-2(4,5)1(6)7/h2-8,11,18H,9-10H2,1H3;(H,6,7). The number of furan rings is 1. The summed E-state index contributed by atoms with van der Waals surface area (Å²) >= 11 is 6.07. The van der Waals surface area contributed by atoms with Crippen molar-refractivity contribution >= 4 is 17.6 Å². The number of carboxylic acids is 1. The summed E-state index contributed by atoms with van der Waals surface area (Å²) in [6.07, 6.45) is -1.60. The maximum absolute atomic E-state index is 10.6. The molecule has 0 bridgehead atoms. The Labute approximate surface area is 163 Å². The van der Waals surface area contributed by atoms with Crippen LogP contribution in [0.5, 0.6) is 0 Å². The van der Waals surface area contributed by atoms with Crippen molar-refractivity contribution in [2.24, 2.45) is 7.05 Å². The van der Waals surface area contributed by atoms with Gasteiger partial charge in [-0.1, -0.05) is 35.9 Å². The molecule has 0 fully saturated rings. The maximum Gasteiger partial charge on any atom is 0.490 e. The average Bonchev–Trinajstić information content (AvgIpc) is 3.25. The number of aryl methyl sites for hydroxylation is 1. The van der Waals surface area contributed by atoms with Crippen LogP contribution in [0.4, 0.5) is 13.2 Å². The highest BCUT2D eigenvalue weighted by Gasteiger charge is 2.38. The number of alkyl halides is 3. The minimum absolute atomic E-state index is 0.652. The molecule has 10 heteroatoms. The van der Waals surface area contributed by atoms with E-state index in [0.29, 0.717) is 11.6 Å². The molecule has 1 aromatic carbocycles. The zero-order valence-corrected chi connectivity index (χ0v) is 15.5. The van der Waals surface area contributed by atoms with Gasteiger partial charge in [-0.2, -0.15) is 18.3 Å². The number of nitrogens with one attached hydrogen (secondary N) is 1. The quantitative estimate of drug-likeness (QED) is 0.651. The number of carboxylic acid groups (broad SMARTS) is 1. The van der Waals surface area contributed by atoms with E-state index in [4.69, 9.17) is 25.9 Å². The molecule has 0 saturated carbocycles. The molecule has 0 aliphatic rings. The molecule has 0 atom stereocenters. The van der Waals surface area contributed by atoms with Gasteiger partial charge in [0.25, 0.3) is 0 Å². The van der Waals surface area contributed by atoms with E-state index in [2.05, 4.69) is 34.7 Å². The van der Waals surface area contributed by atoms with Gasteiger partial charge in [-0.25, -0.2) is 4.79 Å². The van der Waals surface area contributed by atoms with Gasteiger partial charge in [0.05, 0.1) is 17.0 Å². The molecular formula is C18H17ClF3N3O3. The van der Waals surface area contributed by atoms with E-state index in [9.17, 15) is 13.2 Å². The first kappa shape index (κ1) is 21.5. The molecule has 0 amide bonds. The van der Waals surface area contributed by atoms with Crippen LogP contribution >= 0.6 is 11.6 Å². The Balaban J connectivity index is 0.000000345. The molecule has 2 N–H and O–H groups in total. The van der Waals surface area contributed by atoms with E-state index in [-0.39, 0.29) is 0 Å². The van der Waals surface area contributed by atoms with Crippen LogP contribution in [-0.2, 0) is 24.9 Å². The number of rotatable bonds is 5. The van der Waals surface area contributed by atoms with Gasteiger partial charge >= 0.3 is 12.1 Å². The fourth-order valence-electron chi connectivity index (χ4n) is 2.18. The molecule has 0 spiro atoms. The Morgan fingerprint density at radius 1 is 1.25 bits per heavy atom.